The molecule has 0 aromatic heterocycles. The lowest BCUT2D eigenvalue weighted by molar-refractivity contribution is 0.0539. The van der Waals surface area contributed by atoms with E-state index in [4.69, 9.17) is 11.6 Å². The molecule has 1 saturated heterocycles. The zero-order chi connectivity index (χ0) is 9.42. The van der Waals surface area contributed by atoms with Crippen LogP contribution < -0.4 is 5.32 Å². The van der Waals surface area contributed by atoms with Gasteiger partial charge >= 0.3 is 0 Å². The molecule has 2 N–H and O–H groups in total. The molecule has 0 radical (unpaired) electrons. The van der Waals surface area contributed by atoms with Gasteiger partial charge < -0.3 is 10.4 Å². The summed E-state index contributed by atoms with van der Waals surface area (Å²) >= 11 is 8.61. The number of hydrogen-bond donors (Lipinski definition) is 2. The Morgan fingerprint density at radius 3 is 3.00 bits per heavy atom. The fourth-order valence-corrected chi connectivity index (χ4v) is 4.24. The van der Waals surface area contributed by atoms with Crippen molar-refractivity contribution in [2.24, 2.45) is 5.92 Å². The molecule has 13 heavy (non-hydrogen) atoms. The molecule has 5 unspecified atom stereocenters. The fraction of sp³-hybridized carbons (Fsp3) is 1.00. The Hall–Kier alpha value is 0.940. The third kappa shape index (κ3) is 1.98. The van der Waals surface area contributed by atoms with Crippen molar-refractivity contribution in [3.8, 4) is 0 Å². The summed E-state index contributed by atoms with van der Waals surface area (Å²) in [7, 11) is 0. The molecule has 0 amide bonds. The molecule has 76 valence electrons. The van der Waals surface area contributed by atoms with Crippen LogP contribution in [0.5, 0.6) is 0 Å². The van der Waals surface area contributed by atoms with E-state index in [-0.39, 0.29) is 17.5 Å². The highest BCUT2D eigenvalue weighted by atomic mass is 127. The minimum Gasteiger partial charge on any atom is -0.390 e. The average Bonchev–Trinajstić information content (AvgIpc) is 2.15. The first-order chi connectivity index (χ1) is 6.20. The van der Waals surface area contributed by atoms with E-state index in [9.17, 15) is 5.11 Å². The number of nitrogens with one attached hydrogen (secondary N) is 1. The van der Waals surface area contributed by atoms with Crippen LogP contribution in [-0.4, -0.2) is 33.1 Å². The lowest BCUT2D eigenvalue weighted by atomic mass is 9.77. The monoisotopic (exact) mass is 315 g/mol. The second kappa shape index (κ2) is 4.21. The second-order valence-electron chi connectivity index (χ2n) is 4.04. The van der Waals surface area contributed by atoms with E-state index >= 15 is 0 Å². The van der Waals surface area contributed by atoms with Crippen molar-refractivity contribution in [1.82, 2.24) is 5.32 Å². The van der Waals surface area contributed by atoms with Gasteiger partial charge in [0.1, 0.15) is 0 Å². The van der Waals surface area contributed by atoms with Crippen LogP contribution in [-0.2, 0) is 0 Å². The van der Waals surface area contributed by atoms with Crippen LogP contribution in [0.4, 0.5) is 0 Å². The van der Waals surface area contributed by atoms with Crippen LogP contribution in [0.25, 0.3) is 0 Å². The van der Waals surface area contributed by atoms with Gasteiger partial charge in [-0.05, 0) is 31.7 Å². The van der Waals surface area contributed by atoms with Gasteiger partial charge in [-0.25, -0.2) is 0 Å². The second-order valence-corrected chi connectivity index (χ2v) is 6.20. The number of aliphatic hydroxyl groups excluding tert-OH is 1. The summed E-state index contributed by atoms with van der Waals surface area (Å²) in [5.74, 6) is 0.483. The SMILES string of the molecule is OC1C(I)CC(Cl)C2CCCNC12. The van der Waals surface area contributed by atoms with Crippen molar-refractivity contribution in [3.63, 3.8) is 0 Å². The van der Waals surface area contributed by atoms with Crippen molar-refractivity contribution in [2.45, 2.75) is 40.7 Å². The number of piperidine rings is 1. The predicted molar refractivity (Wildman–Crippen MR) is 62.6 cm³/mol. The summed E-state index contributed by atoms with van der Waals surface area (Å²) in [6.07, 6.45) is 3.11. The third-order valence-corrected chi connectivity index (χ3v) is 4.96. The van der Waals surface area contributed by atoms with Crippen LogP contribution >= 0.6 is 34.2 Å². The van der Waals surface area contributed by atoms with E-state index in [0.717, 1.165) is 13.0 Å². The highest BCUT2D eigenvalue weighted by molar-refractivity contribution is 14.1. The first kappa shape index (κ1) is 10.5. The molecular formula is C9H15ClINO. The summed E-state index contributed by atoms with van der Waals surface area (Å²) in [5, 5.41) is 13.6. The van der Waals surface area contributed by atoms with E-state index in [2.05, 4.69) is 27.9 Å². The molecule has 2 rings (SSSR count). The van der Waals surface area contributed by atoms with Gasteiger partial charge in [0.15, 0.2) is 0 Å². The Morgan fingerprint density at radius 1 is 1.46 bits per heavy atom. The zero-order valence-corrected chi connectivity index (χ0v) is 10.3. The van der Waals surface area contributed by atoms with Gasteiger partial charge in [-0.3, -0.25) is 0 Å². The quantitative estimate of drug-likeness (QED) is 0.525. The number of alkyl halides is 2. The Morgan fingerprint density at radius 2 is 2.23 bits per heavy atom. The van der Waals surface area contributed by atoms with Gasteiger partial charge in [0.05, 0.1) is 6.10 Å². The molecule has 1 aliphatic heterocycles. The molecule has 0 bridgehead atoms. The number of fused-ring (bicyclic) bond motifs is 1. The van der Waals surface area contributed by atoms with E-state index in [1.807, 2.05) is 0 Å². The molecule has 0 aromatic rings. The summed E-state index contributed by atoms with van der Waals surface area (Å²) in [4.78, 5) is 0. The topological polar surface area (TPSA) is 32.3 Å². The minimum absolute atomic E-state index is 0.208. The number of rotatable bonds is 0. The van der Waals surface area contributed by atoms with Gasteiger partial charge in [0.2, 0.25) is 0 Å². The lowest BCUT2D eigenvalue weighted by Crippen LogP contribution is -2.58. The van der Waals surface area contributed by atoms with Crippen LogP contribution in [0, 0.1) is 5.92 Å². The maximum atomic E-state index is 9.96. The number of halogens is 2. The van der Waals surface area contributed by atoms with Gasteiger partial charge in [-0.2, -0.15) is 0 Å². The van der Waals surface area contributed by atoms with Crippen LogP contribution in [0.1, 0.15) is 19.3 Å². The van der Waals surface area contributed by atoms with Crippen molar-refractivity contribution < 1.29 is 5.11 Å². The highest BCUT2D eigenvalue weighted by Gasteiger charge is 2.43. The number of aliphatic hydroxyl groups is 1. The smallest absolute Gasteiger partial charge is 0.0814 e. The standard InChI is InChI=1S/C9H15ClINO/c10-6-4-7(11)9(13)8-5(6)2-1-3-12-8/h5-9,12-13H,1-4H2. The molecule has 1 heterocycles. The first-order valence-electron chi connectivity index (χ1n) is 4.89. The van der Waals surface area contributed by atoms with E-state index in [0.29, 0.717) is 9.84 Å². The number of hydrogen-bond acceptors (Lipinski definition) is 2. The largest absolute Gasteiger partial charge is 0.390 e. The van der Waals surface area contributed by atoms with Crippen molar-refractivity contribution in [3.05, 3.63) is 0 Å². The molecule has 1 saturated carbocycles. The average molecular weight is 316 g/mol. The third-order valence-electron chi connectivity index (χ3n) is 3.21. The Balaban J connectivity index is 2.10. The summed E-state index contributed by atoms with van der Waals surface area (Å²) in [5.41, 5.74) is 0. The van der Waals surface area contributed by atoms with Crippen LogP contribution in [0.2, 0.25) is 0 Å². The molecule has 2 aliphatic rings. The fourth-order valence-electron chi connectivity index (χ4n) is 2.47. The van der Waals surface area contributed by atoms with Crippen LogP contribution in [0.3, 0.4) is 0 Å². The van der Waals surface area contributed by atoms with E-state index < -0.39 is 0 Å². The van der Waals surface area contributed by atoms with Crippen LogP contribution in [0.15, 0.2) is 0 Å². The maximum absolute atomic E-state index is 9.96. The normalized spacial score (nSPS) is 51.5. The molecule has 5 atom stereocenters. The first-order valence-corrected chi connectivity index (χ1v) is 6.58. The Kier molecular flexibility index (Phi) is 3.38. The van der Waals surface area contributed by atoms with Crippen molar-refractivity contribution in [1.29, 1.82) is 0 Å². The Labute approximate surface area is 97.6 Å². The van der Waals surface area contributed by atoms with Gasteiger partial charge in [0, 0.05) is 15.3 Å². The van der Waals surface area contributed by atoms with Gasteiger partial charge in [0.25, 0.3) is 0 Å². The zero-order valence-electron chi connectivity index (χ0n) is 7.42. The van der Waals surface area contributed by atoms with Gasteiger partial charge in [-0.1, -0.05) is 22.6 Å². The maximum Gasteiger partial charge on any atom is 0.0814 e. The molecule has 0 spiro atoms. The minimum atomic E-state index is -0.208. The molecule has 0 aromatic carbocycles. The molecule has 2 fully saturated rings. The molecular weight excluding hydrogens is 300 g/mol. The lowest BCUT2D eigenvalue weighted by Gasteiger charge is -2.44. The molecule has 1 aliphatic carbocycles. The van der Waals surface area contributed by atoms with E-state index in [1.54, 1.807) is 0 Å². The van der Waals surface area contributed by atoms with Crippen molar-refractivity contribution in [2.75, 3.05) is 6.54 Å². The Bertz CT molecular complexity index is 192. The van der Waals surface area contributed by atoms with Gasteiger partial charge in [-0.15, -0.1) is 11.6 Å². The summed E-state index contributed by atoms with van der Waals surface area (Å²) < 4.78 is 0.312. The van der Waals surface area contributed by atoms with E-state index in [1.165, 1.54) is 12.8 Å². The summed E-state index contributed by atoms with van der Waals surface area (Å²) in [6.45, 7) is 1.03. The predicted octanol–water partition coefficient (Wildman–Crippen LogP) is 1.53. The summed E-state index contributed by atoms with van der Waals surface area (Å²) in [6, 6.07) is 0.242. The highest BCUT2D eigenvalue weighted by Crippen LogP contribution is 2.37. The van der Waals surface area contributed by atoms with Crippen molar-refractivity contribution >= 4 is 34.2 Å². The molecule has 4 heteroatoms. The molecule has 2 nitrogen and oxygen atoms in total.